The number of thiazole rings is 1. The Labute approximate surface area is 165 Å². The molecule has 0 saturated carbocycles. The van der Waals surface area contributed by atoms with Crippen molar-refractivity contribution in [1.82, 2.24) is 4.98 Å². The van der Waals surface area contributed by atoms with Crippen molar-refractivity contribution in [3.63, 3.8) is 0 Å². The predicted molar refractivity (Wildman–Crippen MR) is 107 cm³/mol. The summed E-state index contributed by atoms with van der Waals surface area (Å²) in [5.74, 6) is 1.18. The number of amides is 2. The number of aromatic nitrogens is 1. The lowest BCUT2D eigenvalue weighted by Gasteiger charge is -2.20. The summed E-state index contributed by atoms with van der Waals surface area (Å²) in [6, 6.07) is 8.93. The molecule has 0 atom stereocenters. The Kier molecular flexibility index (Phi) is 5.12. The summed E-state index contributed by atoms with van der Waals surface area (Å²) in [6.45, 7) is 0.654. The molecule has 1 saturated heterocycles. The van der Waals surface area contributed by atoms with E-state index < -0.39 is 0 Å². The summed E-state index contributed by atoms with van der Waals surface area (Å²) in [4.78, 5) is 30.7. The zero-order valence-electron chi connectivity index (χ0n) is 15.3. The average Bonchev–Trinajstić information content (AvgIpc) is 3.43. The molecular weight excluding hydrogens is 378 g/mol. The maximum Gasteiger partial charge on any atom is 0.230 e. The molecule has 7 nitrogen and oxygen atoms in total. The summed E-state index contributed by atoms with van der Waals surface area (Å²) in [5, 5.41) is 5.46. The largest absolute Gasteiger partial charge is 0.495 e. The highest BCUT2D eigenvalue weighted by molar-refractivity contribution is 7.13. The molecule has 0 radical (unpaired) electrons. The van der Waals surface area contributed by atoms with Crippen molar-refractivity contribution in [2.75, 3.05) is 23.9 Å². The van der Waals surface area contributed by atoms with E-state index in [9.17, 15) is 9.59 Å². The number of ether oxygens (including phenoxy) is 1. The molecule has 3 heterocycles. The van der Waals surface area contributed by atoms with Crippen LogP contribution < -0.4 is 15.0 Å². The van der Waals surface area contributed by atoms with E-state index in [0.29, 0.717) is 41.5 Å². The summed E-state index contributed by atoms with van der Waals surface area (Å²) in [7, 11) is 1.57. The van der Waals surface area contributed by atoms with Crippen molar-refractivity contribution in [3.8, 4) is 16.5 Å². The fourth-order valence-electron chi connectivity index (χ4n) is 3.15. The molecular formula is C20H19N3O4S. The van der Waals surface area contributed by atoms with E-state index in [1.54, 1.807) is 42.5 Å². The summed E-state index contributed by atoms with van der Waals surface area (Å²) in [6.07, 6.45) is 3.10. The number of nitrogens with one attached hydrogen (secondary N) is 1. The van der Waals surface area contributed by atoms with Crippen LogP contribution in [0.1, 0.15) is 18.5 Å². The Bertz CT molecular complexity index is 997. The normalized spacial score (nSPS) is 13.8. The average molecular weight is 397 g/mol. The van der Waals surface area contributed by atoms with Crippen LogP contribution in [0.5, 0.6) is 5.75 Å². The number of hydrogen-bond acceptors (Lipinski definition) is 6. The minimum Gasteiger partial charge on any atom is -0.495 e. The molecule has 1 fully saturated rings. The van der Waals surface area contributed by atoms with Gasteiger partial charge in [0.05, 0.1) is 31.2 Å². The highest BCUT2D eigenvalue weighted by Crippen LogP contribution is 2.34. The van der Waals surface area contributed by atoms with Crippen molar-refractivity contribution in [1.29, 1.82) is 0 Å². The van der Waals surface area contributed by atoms with Crippen LogP contribution >= 0.6 is 11.3 Å². The topological polar surface area (TPSA) is 84.7 Å². The lowest BCUT2D eigenvalue weighted by Crippen LogP contribution is -2.24. The van der Waals surface area contributed by atoms with Gasteiger partial charge in [-0.15, -0.1) is 11.3 Å². The van der Waals surface area contributed by atoms with Gasteiger partial charge in [-0.1, -0.05) is 0 Å². The van der Waals surface area contributed by atoms with Gasteiger partial charge in [0.2, 0.25) is 11.8 Å². The van der Waals surface area contributed by atoms with E-state index in [-0.39, 0.29) is 18.2 Å². The zero-order valence-corrected chi connectivity index (χ0v) is 16.1. The van der Waals surface area contributed by atoms with E-state index in [1.807, 2.05) is 11.4 Å². The first-order valence-corrected chi connectivity index (χ1v) is 9.78. The van der Waals surface area contributed by atoms with Crippen molar-refractivity contribution >= 4 is 34.5 Å². The van der Waals surface area contributed by atoms with Crippen molar-refractivity contribution in [3.05, 3.63) is 47.7 Å². The maximum atomic E-state index is 12.4. The van der Waals surface area contributed by atoms with Crippen LogP contribution in [-0.4, -0.2) is 30.5 Å². The minimum atomic E-state index is -0.180. The number of rotatable bonds is 6. The quantitative estimate of drug-likeness (QED) is 0.685. The summed E-state index contributed by atoms with van der Waals surface area (Å²) in [5.41, 5.74) is 1.97. The van der Waals surface area contributed by atoms with Gasteiger partial charge >= 0.3 is 0 Å². The third kappa shape index (κ3) is 3.77. The molecule has 1 aliphatic heterocycles. The molecule has 0 spiro atoms. The first kappa shape index (κ1) is 18.2. The standard InChI is InChI=1S/C20H19N3O4S/c1-26-16-7-6-13(10-15(16)23-8-2-5-19(23)25)21-18(24)11-14-12-28-20(22-14)17-4-3-9-27-17/h3-4,6-7,9-10,12H,2,5,8,11H2,1H3,(H,21,24). The minimum absolute atomic E-state index is 0.0645. The molecule has 1 aliphatic rings. The van der Waals surface area contributed by atoms with Crippen LogP contribution in [-0.2, 0) is 16.0 Å². The second-order valence-electron chi connectivity index (χ2n) is 6.38. The number of hydrogen-bond donors (Lipinski definition) is 1. The smallest absolute Gasteiger partial charge is 0.230 e. The highest BCUT2D eigenvalue weighted by Gasteiger charge is 2.25. The molecule has 0 aliphatic carbocycles. The van der Waals surface area contributed by atoms with Crippen molar-refractivity contribution in [2.45, 2.75) is 19.3 Å². The lowest BCUT2D eigenvalue weighted by molar-refractivity contribution is -0.117. The van der Waals surface area contributed by atoms with Gasteiger partial charge in [-0.25, -0.2) is 4.98 Å². The van der Waals surface area contributed by atoms with E-state index in [1.165, 1.54) is 11.3 Å². The van der Waals surface area contributed by atoms with Crippen LogP contribution in [0.15, 0.2) is 46.4 Å². The number of furan rings is 1. The van der Waals surface area contributed by atoms with Gasteiger partial charge in [0.25, 0.3) is 0 Å². The van der Waals surface area contributed by atoms with E-state index in [2.05, 4.69) is 10.3 Å². The molecule has 2 amide bonds. The summed E-state index contributed by atoms with van der Waals surface area (Å²) >= 11 is 1.43. The van der Waals surface area contributed by atoms with Gasteiger partial charge in [-0.2, -0.15) is 0 Å². The molecule has 28 heavy (non-hydrogen) atoms. The number of nitrogens with zero attached hydrogens (tertiary/aromatic N) is 2. The Morgan fingerprint density at radius 1 is 1.39 bits per heavy atom. The zero-order chi connectivity index (χ0) is 19.5. The first-order valence-electron chi connectivity index (χ1n) is 8.90. The number of methoxy groups -OCH3 is 1. The number of carbonyl (C=O) groups is 2. The summed E-state index contributed by atoms with van der Waals surface area (Å²) < 4.78 is 10.7. The Morgan fingerprint density at radius 3 is 3.00 bits per heavy atom. The Hall–Kier alpha value is -3.13. The van der Waals surface area contributed by atoms with Crippen LogP contribution in [0.4, 0.5) is 11.4 Å². The van der Waals surface area contributed by atoms with Crippen LogP contribution in [0, 0.1) is 0 Å². The number of benzene rings is 1. The molecule has 0 bridgehead atoms. The molecule has 0 unspecified atom stereocenters. The van der Waals surface area contributed by atoms with Gasteiger partial charge in [0, 0.05) is 24.0 Å². The van der Waals surface area contributed by atoms with Crippen molar-refractivity contribution in [2.24, 2.45) is 0 Å². The Balaban J connectivity index is 1.46. The third-order valence-electron chi connectivity index (χ3n) is 4.45. The third-order valence-corrected chi connectivity index (χ3v) is 5.36. The van der Waals surface area contributed by atoms with Crippen LogP contribution in [0.2, 0.25) is 0 Å². The Morgan fingerprint density at radius 2 is 2.29 bits per heavy atom. The van der Waals surface area contributed by atoms with Crippen LogP contribution in [0.3, 0.4) is 0 Å². The second-order valence-corrected chi connectivity index (χ2v) is 7.24. The van der Waals surface area contributed by atoms with Gasteiger partial charge in [-0.3, -0.25) is 9.59 Å². The second kappa shape index (κ2) is 7.85. The predicted octanol–water partition coefficient (Wildman–Crippen LogP) is 3.72. The van der Waals surface area contributed by atoms with Crippen LogP contribution in [0.25, 0.3) is 10.8 Å². The highest BCUT2D eigenvalue weighted by atomic mass is 32.1. The lowest BCUT2D eigenvalue weighted by atomic mass is 10.2. The number of carbonyl (C=O) groups excluding carboxylic acids is 2. The fourth-order valence-corrected chi connectivity index (χ4v) is 3.94. The SMILES string of the molecule is COc1ccc(NC(=O)Cc2csc(-c3ccco3)n2)cc1N1CCCC1=O. The van der Waals surface area contributed by atoms with E-state index >= 15 is 0 Å². The molecule has 2 aromatic heterocycles. The first-order chi connectivity index (χ1) is 13.6. The van der Waals surface area contributed by atoms with Gasteiger partial charge in [0.15, 0.2) is 10.8 Å². The molecule has 3 aromatic rings. The maximum absolute atomic E-state index is 12.4. The van der Waals surface area contributed by atoms with Gasteiger partial charge < -0.3 is 19.4 Å². The number of anilines is 2. The molecule has 1 aromatic carbocycles. The van der Waals surface area contributed by atoms with Gasteiger partial charge in [-0.05, 0) is 36.8 Å². The monoisotopic (exact) mass is 397 g/mol. The molecule has 4 rings (SSSR count). The van der Waals surface area contributed by atoms with Gasteiger partial charge in [0.1, 0.15) is 5.75 Å². The van der Waals surface area contributed by atoms with E-state index in [4.69, 9.17) is 9.15 Å². The molecule has 1 N–H and O–H groups in total. The molecule has 144 valence electrons. The molecule has 8 heteroatoms. The van der Waals surface area contributed by atoms with E-state index in [0.717, 1.165) is 11.4 Å². The van der Waals surface area contributed by atoms with Crippen molar-refractivity contribution < 1.29 is 18.7 Å². The fraction of sp³-hybridized carbons (Fsp3) is 0.250.